The second-order valence-corrected chi connectivity index (χ2v) is 5.96. The van der Waals surface area contributed by atoms with Gasteiger partial charge in [0.15, 0.2) is 0 Å². The molecule has 1 amide bonds. The molecule has 7 heteroatoms. The number of ether oxygens (including phenoxy) is 5. The summed E-state index contributed by atoms with van der Waals surface area (Å²) in [4.78, 5) is 10.8. The first-order valence-electron chi connectivity index (χ1n) is 9.65. The first-order chi connectivity index (χ1) is 14.3. The normalized spacial score (nSPS) is 10.5. The molecule has 0 spiro atoms. The summed E-state index contributed by atoms with van der Waals surface area (Å²) in [6.45, 7) is 3.44. The Hall–Kier alpha value is -2.61. The summed E-state index contributed by atoms with van der Waals surface area (Å²) in [5.74, 6) is 0.821. The van der Waals surface area contributed by atoms with Crippen LogP contribution in [-0.2, 0) is 18.9 Å². The van der Waals surface area contributed by atoms with Gasteiger partial charge in [0.1, 0.15) is 19.0 Å². The topological polar surface area (TPSA) is 75.3 Å². The Morgan fingerprint density at radius 3 is 1.79 bits per heavy atom. The molecule has 0 aliphatic heterocycles. The van der Waals surface area contributed by atoms with Gasteiger partial charge in [-0.2, -0.15) is 0 Å². The van der Waals surface area contributed by atoms with Crippen LogP contribution in [0.1, 0.15) is 0 Å². The molecule has 0 radical (unpaired) electrons. The zero-order valence-electron chi connectivity index (χ0n) is 16.8. The van der Waals surface area contributed by atoms with Crippen LogP contribution >= 0.6 is 0 Å². The largest absolute Gasteiger partial charge is 0.491 e. The van der Waals surface area contributed by atoms with Gasteiger partial charge in [-0.15, -0.1) is 0 Å². The summed E-state index contributed by atoms with van der Waals surface area (Å²) in [6, 6.07) is 18.2. The Bertz CT molecular complexity index is 677. The monoisotopic (exact) mass is 403 g/mol. The number of alkyl carbamates (subject to hydrolysis) is 1. The van der Waals surface area contributed by atoms with E-state index in [1.54, 1.807) is 0 Å². The smallest absolute Gasteiger partial charge is 0.406 e. The molecule has 0 unspecified atom stereocenters. The zero-order valence-corrected chi connectivity index (χ0v) is 16.8. The van der Waals surface area contributed by atoms with Crippen LogP contribution in [0.15, 0.2) is 54.6 Å². The highest BCUT2D eigenvalue weighted by Crippen LogP contribution is 2.21. The molecule has 29 heavy (non-hydrogen) atoms. The van der Waals surface area contributed by atoms with Crippen molar-refractivity contribution in [3.8, 4) is 16.9 Å². The standard InChI is InChI=1S/C22H29NO6/c1-23-22(24)29-18-16-27-14-12-25-11-13-26-15-17-28-21-9-7-20(8-10-21)19-5-3-2-4-6-19/h2-10H,11-18H2,1H3,(H,23,24). The number of hydrogen-bond acceptors (Lipinski definition) is 6. The minimum atomic E-state index is -0.463. The van der Waals surface area contributed by atoms with Gasteiger partial charge in [0.25, 0.3) is 0 Å². The lowest BCUT2D eigenvalue weighted by molar-refractivity contribution is 0.00204. The molecule has 0 bridgehead atoms. The molecular formula is C22H29NO6. The Labute approximate surface area is 171 Å². The third-order valence-corrected chi connectivity index (χ3v) is 3.87. The Balaban J connectivity index is 1.41. The second kappa shape index (κ2) is 14.4. The number of hydrogen-bond donors (Lipinski definition) is 1. The van der Waals surface area contributed by atoms with E-state index in [2.05, 4.69) is 17.4 Å². The van der Waals surface area contributed by atoms with Crippen LogP contribution in [0.25, 0.3) is 11.1 Å². The van der Waals surface area contributed by atoms with Gasteiger partial charge in [-0.3, -0.25) is 0 Å². The van der Waals surface area contributed by atoms with E-state index >= 15 is 0 Å². The molecule has 0 saturated carbocycles. The van der Waals surface area contributed by atoms with E-state index in [0.717, 1.165) is 11.3 Å². The number of nitrogens with one attached hydrogen (secondary N) is 1. The highest BCUT2D eigenvalue weighted by atomic mass is 16.6. The minimum Gasteiger partial charge on any atom is -0.491 e. The van der Waals surface area contributed by atoms with Gasteiger partial charge in [0.2, 0.25) is 0 Å². The maximum atomic E-state index is 10.8. The van der Waals surface area contributed by atoms with Gasteiger partial charge in [-0.25, -0.2) is 4.79 Å². The van der Waals surface area contributed by atoms with Crippen LogP contribution < -0.4 is 10.1 Å². The lowest BCUT2D eigenvalue weighted by Crippen LogP contribution is -2.21. The van der Waals surface area contributed by atoms with E-state index in [0.29, 0.717) is 46.2 Å². The van der Waals surface area contributed by atoms with Crippen LogP contribution in [0.4, 0.5) is 4.79 Å². The van der Waals surface area contributed by atoms with Crippen LogP contribution in [0.5, 0.6) is 5.75 Å². The maximum Gasteiger partial charge on any atom is 0.406 e. The third-order valence-electron chi connectivity index (χ3n) is 3.87. The van der Waals surface area contributed by atoms with Crippen molar-refractivity contribution in [2.24, 2.45) is 0 Å². The minimum absolute atomic E-state index is 0.220. The molecular weight excluding hydrogens is 374 g/mol. The van der Waals surface area contributed by atoms with Gasteiger partial charge in [0.05, 0.1) is 39.6 Å². The average Bonchev–Trinajstić information content (AvgIpc) is 2.77. The summed E-state index contributed by atoms with van der Waals surface area (Å²) in [5.41, 5.74) is 2.35. The maximum absolute atomic E-state index is 10.8. The molecule has 0 aliphatic rings. The number of amides is 1. The summed E-state index contributed by atoms with van der Waals surface area (Å²) >= 11 is 0. The van der Waals surface area contributed by atoms with Crippen molar-refractivity contribution >= 4 is 6.09 Å². The molecule has 0 atom stereocenters. The highest BCUT2D eigenvalue weighted by Gasteiger charge is 1.99. The zero-order chi connectivity index (χ0) is 20.6. The van der Waals surface area contributed by atoms with Crippen molar-refractivity contribution in [3.63, 3.8) is 0 Å². The quantitative estimate of drug-likeness (QED) is 0.489. The van der Waals surface area contributed by atoms with E-state index in [4.69, 9.17) is 23.7 Å². The molecule has 7 nitrogen and oxygen atoms in total. The fraction of sp³-hybridized carbons (Fsp3) is 0.409. The van der Waals surface area contributed by atoms with Gasteiger partial charge in [0, 0.05) is 7.05 Å². The van der Waals surface area contributed by atoms with Crippen LogP contribution in [0.3, 0.4) is 0 Å². The van der Waals surface area contributed by atoms with Crippen molar-refractivity contribution in [3.05, 3.63) is 54.6 Å². The van der Waals surface area contributed by atoms with Crippen molar-refractivity contribution in [1.82, 2.24) is 5.32 Å². The molecule has 0 aliphatic carbocycles. The summed E-state index contributed by atoms with van der Waals surface area (Å²) < 4.78 is 26.6. The van der Waals surface area contributed by atoms with E-state index in [1.165, 1.54) is 12.6 Å². The molecule has 0 saturated heterocycles. The molecule has 2 rings (SSSR count). The summed E-state index contributed by atoms with van der Waals surface area (Å²) in [5, 5.41) is 2.36. The predicted octanol–water partition coefficient (Wildman–Crippen LogP) is 3.14. The first kappa shape index (κ1) is 22.7. The summed E-state index contributed by atoms with van der Waals surface area (Å²) in [7, 11) is 1.51. The van der Waals surface area contributed by atoms with Crippen molar-refractivity contribution in [2.75, 3.05) is 59.9 Å². The predicted molar refractivity (Wildman–Crippen MR) is 110 cm³/mol. The number of carbonyl (C=O) groups excluding carboxylic acids is 1. The van der Waals surface area contributed by atoms with Crippen molar-refractivity contribution in [1.29, 1.82) is 0 Å². The molecule has 0 fully saturated rings. The summed E-state index contributed by atoms with van der Waals surface area (Å²) in [6.07, 6.45) is -0.463. The van der Waals surface area contributed by atoms with Gasteiger partial charge < -0.3 is 29.0 Å². The van der Waals surface area contributed by atoms with E-state index in [-0.39, 0.29) is 6.61 Å². The van der Waals surface area contributed by atoms with Crippen molar-refractivity contribution in [2.45, 2.75) is 0 Å². The Kier molecular flexibility index (Phi) is 11.3. The highest BCUT2D eigenvalue weighted by molar-refractivity contribution is 5.66. The van der Waals surface area contributed by atoms with Crippen LogP contribution in [0.2, 0.25) is 0 Å². The lowest BCUT2D eigenvalue weighted by atomic mass is 10.1. The van der Waals surface area contributed by atoms with Crippen LogP contribution in [0, 0.1) is 0 Å². The molecule has 0 aromatic heterocycles. The molecule has 158 valence electrons. The first-order valence-corrected chi connectivity index (χ1v) is 9.65. The Morgan fingerprint density at radius 2 is 1.21 bits per heavy atom. The lowest BCUT2D eigenvalue weighted by Gasteiger charge is -2.09. The second-order valence-electron chi connectivity index (χ2n) is 5.96. The third kappa shape index (κ3) is 9.94. The van der Waals surface area contributed by atoms with Gasteiger partial charge in [-0.05, 0) is 23.3 Å². The SMILES string of the molecule is CNC(=O)OCCOCCOCCOCCOc1ccc(-c2ccccc2)cc1. The number of rotatable bonds is 14. The van der Waals surface area contributed by atoms with E-state index in [1.807, 2.05) is 42.5 Å². The average molecular weight is 403 g/mol. The fourth-order valence-electron chi connectivity index (χ4n) is 2.40. The van der Waals surface area contributed by atoms with E-state index < -0.39 is 6.09 Å². The molecule has 0 heterocycles. The Morgan fingerprint density at radius 1 is 0.690 bits per heavy atom. The molecule has 2 aromatic rings. The van der Waals surface area contributed by atoms with Crippen LogP contribution in [-0.4, -0.2) is 66.0 Å². The number of benzene rings is 2. The molecule has 2 aromatic carbocycles. The number of carbonyl (C=O) groups is 1. The van der Waals surface area contributed by atoms with Crippen molar-refractivity contribution < 1.29 is 28.5 Å². The van der Waals surface area contributed by atoms with E-state index in [9.17, 15) is 4.79 Å². The fourth-order valence-corrected chi connectivity index (χ4v) is 2.40. The van der Waals surface area contributed by atoms with Gasteiger partial charge in [-0.1, -0.05) is 42.5 Å². The van der Waals surface area contributed by atoms with Gasteiger partial charge >= 0.3 is 6.09 Å². The molecule has 1 N–H and O–H groups in total.